The molecule has 0 aromatic carbocycles. The maximum Gasteiger partial charge on any atom is 0.335 e. The average Bonchev–Trinajstić information content (AvgIpc) is 2.38. The zero-order chi connectivity index (χ0) is 13.4. The lowest BCUT2D eigenvalue weighted by atomic mass is 10.2. The van der Waals surface area contributed by atoms with Crippen LogP contribution in [0.25, 0.3) is 0 Å². The van der Waals surface area contributed by atoms with Crippen LogP contribution >= 0.6 is 0 Å². The number of carboxylic acid groups (broad SMARTS) is 1. The highest BCUT2D eigenvalue weighted by Gasteiger charge is 2.07. The van der Waals surface area contributed by atoms with Crippen LogP contribution in [0.2, 0.25) is 0 Å². The topological polar surface area (TPSA) is 71.5 Å². The van der Waals surface area contributed by atoms with E-state index in [1.54, 1.807) is 19.2 Å². The molecule has 0 amide bonds. The Labute approximate surface area is 107 Å². The lowest BCUT2D eigenvalue weighted by Gasteiger charge is -2.08. The number of hydrogen-bond donors (Lipinski definition) is 2. The summed E-state index contributed by atoms with van der Waals surface area (Å²) in [4.78, 5) is 15.3. The summed E-state index contributed by atoms with van der Waals surface area (Å²) in [6.45, 7) is 3.46. The molecule has 0 radical (unpaired) electrons. The van der Waals surface area contributed by atoms with Crippen molar-refractivity contribution in [3.8, 4) is 0 Å². The second-order valence-electron chi connectivity index (χ2n) is 4.02. The first-order chi connectivity index (χ1) is 8.67. The van der Waals surface area contributed by atoms with Gasteiger partial charge in [0.25, 0.3) is 0 Å². The summed E-state index contributed by atoms with van der Waals surface area (Å²) in [6, 6.07) is 3.18. The Bertz CT molecular complexity index is 394. The number of pyridine rings is 1. The third-order valence-electron chi connectivity index (χ3n) is 2.57. The molecule has 0 atom stereocenters. The number of carboxylic acids is 1. The fourth-order valence-electron chi connectivity index (χ4n) is 1.57. The number of hydrogen-bond acceptors (Lipinski definition) is 4. The quantitative estimate of drug-likeness (QED) is 0.694. The van der Waals surface area contributed by atoms with E-state index in [1.165, 1.54) is 0 Å². The number of aryl methyl sites for hydroxylation is 1. The number of ether oxygens (including phenoxy) is 1. The lowest BCUT2D eigenvalue weighted by molar-refractivity contribution is 0.0696. The van der Waals surface area contributed by atoms with Crippen LogP contribution in [-0.4, -0.2) is 36.3 Å². The minimum Gasteiger partial charge on any atom is -0.478 e. The normalized spacial score (nSPS) is 10.3. The minimum absolute atomic E-state index is 0.279. The standard InChI is InChI=1S/C13H20N2O3/c1-3-11-8-10(13(16)17)9-12(15-11)14-6-4-5-7-18-2/h8-9H,3-7H2,1-2H3,(H,14,15)(H,16,17). The second kappa shape index (κ2) is 7.66. The van der Waals surface area contributed by atoms with Gasteiger partial charge in [-0.3, -0.25) is 0 Å². The zero-order valence-electron chi connectivity index (χ0n) is 10.9. The Morgan fingerprint density at radius 2 is 2.22 bits per heavy atom. The minimum atomic E-state index is -0.922. The van der Waals surface area contributed by atoms with Gasteiger partial charge in [0, 0.05) is 26.0 Å². The molecule has 18 heavy (non-hydrogen) atoms. The van der Waals surface area contributed by atoms with Crippen molar-refractivity contribution in [3.05, 3.63) is 23.4 Å². The molecule has 0 saturated heterocycles. The van der Waals surface area contributed by atoms with Crippen LogP contribution in [0.4, 0.5) is 5.82 Å². The molecule has 0 fully saturated rings. The summed E-state index contributed by atoms with van der Waals surface area (Å²) in [5.74, 6) is -0.293. The van der Waals surface area contributed by atoms with Crippen LogP contribution in [-0.2, 0) is 11.2 Å². The van der Waals surface area contributed by atoms with Gasteiger partial charge in [-0.25, -0.2) is 9.78 Å². The van der Waals surface area contributed by atoms with Crippen molar-refractivity contribution in [2.45, 2.75) is 26.2 Å². The largest absolute Gasteiger partial charge is 0.478 e. The Morgan fingerprint density at radius 1 is 1.44 bits per heavy atom. The predicted octanol–water partition coefficient (Wildman–Crippen LogP) is 2.18. The van der Waals surface area contributed by atoms with Crippen LogP contribution in [0.15, 0.2) is 12.1 Å². The molecule has 1 aromatic heterocycles. The molecule has 0 spiro atoms. The number of aromatic nitrogens is 1. The van der Waals surface area contributed by atoms with E-state index in [0.717, 1.165) is 38.1 Å². The molecule has 100 valence electrons. The molecule has 5 heteroatoms. The number of nitrogens with one attached hydrogen (secondary N) is 1. The summed E-state index contributed by atoms with van der Waals surface area (Å²) in [5.41, 5.74) is 1.07. The summed E-state index contributed by atoms with van der Waals surface area (Å²) < 4.78 is 4.96. The fraction of sp³-hybridized carbons (Fsp3) is 0.538. The highest BCUT2D eigenvalue weighted by molar-refractivity contribution is 5.88. The van der Waals surface area contributed by atoms with E-state index in [4.69, 9.17) is 9.84 Å². The number of aromatic carboxylic acids is 1. The van der Waals surface area contributed by atoms with Gasteiger partial charge >= 0.3 is 5.97 Å². The first-order valence-corrected chi connectivity index (χ1v) is 6.14. The van der Waals surface area contributed by atoms with Crippen LogP contribution in [0.1, 0.15) is 35.8 Å². The third-order valence-corrected chi connectivity index (χ3v) is 2.57. The molecule has 0 aliphatic rings. The van der Waals surface area contributed by atoms with E-state index < -0.39 is 5.97 Å². The molecule has 1 heterocycles. The van der Waals surface area contributed by atoms with Gasteiger partial charge in [0.15, 0.2) is 0 Å². The summed E-state index contributed by atoms with van der Waals surface area (Å²) in [7, 11) is 1.68. The van der Waals surface area contributed by atoms with E-state index in [2.05, 4.69) is 10.3 Å². The molecule has 0 saturated carbocycles. The Morgan fingerprint density at radius 3 is 2.83 bits per heavy atom. The Kier molecular flexibility index (Phi) is 6.14. The van der Waals surface area contributed by atoms with Crippen molar-refractivity contribution in [3.63, 3.8) is 0 Å². The predicted molar refractivity (Wildman–Crippen MR) is 70.2 cm³/mol. The first kappa shape index (κ1) is 14.4. The van der Waals surface area contributed by atoms with Crippen molar-refractivity contribution >= 4 is 11.8 Å². The van der Waals surface area contributed by atoms with Crippen molar-refractivity contribution in [2.24, 2.45) is 0 Å². The summed E-state index contributed by atoms with van der Waals surface area (Å²) >= 11 is 0. The molecular formula is C13H20N2O3. The molecule has 2 N–H and O–H groups in total. The molecule has 5 nitrogen and oxygen atoms in total. The summed E-state index contributed by atoms with van der Waals surface area (Å²) in [6.07, 6.45) is 2.66. The van der Waals surface area contributed by atoms with Gasteiger partial charge < -0.3 is 15.2 Å². The fourth-order valence-corrected chi connectivity index (χ4v) is 1.57. The number of anilines is 1. The third kappa shape index (κ3) is 4.71. The average molecular weight is 252 g/mol. The van der Waals surface area contributed by atoms with Gasteiger partial charge in [0.1, 0.15) is 5.82 Å². The monoisotopic (exact) mass is 252 g/mol. The molecule has 1 rings (SSSR count). The molecule has 0 aliphatic carbocycles. The maximum atomic E-state index is 11.0. The van der Waals surface area contributed by atoms with Gasteiger partial charge in [-0.15, -0.1) is 0 Å². The highest BCUT2D eigenvalue weighted by Crippen LogP contribution is 2.11. The number of rotatable bonds is 8. The van der Waals surface area contributed by atoms with Crippen molar-refractivity contribution < 1.29 is 14.6 Å². The number of unbranched alkanes of at least 4 members (excludes halogenated alkanes) is 1. The van der Waals surface area contributed by atoms with Gasteiger partial charge in [-0.05, 0) is 31.4 Å². The SMILES string of the molecule is CCc1cc(C(=O)O)cc(NCCCCOC)n1. The van der Waals surface area contributed by atoms with E-state index in [-0.39, 0.29) is 5.56 Å². The van der Waals surface area contributed by atoms with Gasteiger partial charge in [-0.1, -0.05) is 6.92 Å². The molecule has 0 unspecified atom stereocenters. The van der Waals surface area contributed by atoms with Gasteiger partial charge in [-0.2, -0.15) is 0 Å². The zero-order valence-corrected chi connectivity index (χ0v) is 10.9. The van der Waals surface area contributed by atoms with E-state index in [1.807, 2.05) is 6.92 Å². The number of carbonyl (C=O) groups is 1. The van der Waals surface area contributed by atoms with Crippen LogP contribution in [0, 0.1) is 0 Å². The maximum absolute atomic E-state index is 11.0. The van der Waals surface area contributed by atoms with Crippen LogP contribution in [0.5, 0.6) is 0 Å². The van der Waals surface area contributed by atoms with Crippen molar-refractivity contribution in [1.82, 2.24) is 4.98 Å². The van der Waals surface area contributed by atoms with E-state index >= 15 is 0 Å². The van der Waals surface area contributed by atoms with E-state index in [9.17, 15) is 4.79 Å². The van der Waals surface area contributed by atoms with Crippen molar-refractivity contribution in [1.29, 1.82) is 0 Å². The Balaban J connectivity index is 2.58. The summed E-state index contributed by atoms with van der Waals surface area (Å²) in [5, 5.41) is 12.1. The highest BCUT2D eigenvalue weighted by atomic mass is 16.5. The second-order valence-corrected chi connectivity index (χ2v) is 4.02. The van der Waals surface area contributed by atoms with Crippen molar-refractivity contribution in [2.75, 3.05) is 25.6 Å². The first-order valence-electron chi connectivity index (χ1n) is 6.14. The Hall–Kier alpha value is -1.62. The van der Waals surface area contributed by atoms with Gasteiger partial charge in [0.2, 0.25) is 0 Å². The number of methoxy groups -OCH3 is 1. The van der Waals surface area contributed by atoms with Crippen LogP contribution in [0.3, 0.4) is 0 Å². The van der Waals surface area contributed by atoms with Crippen LogP contribution < -0.4 is 5.32 Å². The molecule has 0 bridgehead atoms. The molecule has 0 aliphatic heterocycles. The lowest BCUT2D eigenvalue weighted by Crippen LogP contribution is -2.08. The smallest absolute Gasteiger partial charge is 0.335 e. The molecular weight excluding hydrogens is 232 g/mol. The molecule has 1 aromatic rings. The number of nitrogens with zero attached hydrogens (tertiary/aromatic N) is 1. The van der Waals surface area contributed by atoms with E-state index in [0.29, 0.717) is 5.82 Å². The van der Waals surface area contributed by atoms with Gasteiger partial charge in [0.05, 0.1) is 5.56 Å².